The normalized spacial score (nSPS) is 18.3. The van der Waals surface area contributed by atoms with E-state index in [1.165, 1.54) is 56.0 Å². The Morgan fingerprint density at radius 2 is 1.10 bits per heavy atom. The summed E-state index contributed by atoms with van der Waals surface area (Å²) < 4.78 is 54.2. The molecule has 0 spiro atoms. The van der Waals surface area contributed by atoms with E-state index < -0.39 is 36.6 Å². The van der Waals surface area contributed by atoms with E-state index in [9.17, 15) is 31.2 Å². The number of sulfonamides is 2. The molecule has 16 nitrogen and oxygen atoms in total. The summed E-state index contributed by atoms with van der Waals surface area (Å²) >= 11 is 0. The van der Waals surface area contributed by atoms with Crippen molar-refractivity contribution in [2.45, 2.75) is 87.5 Å². The molecule has 6 aliphatic rings. The van der Waals surface area contributed by atoms with Gasteiger partial charge in [-0.1, -0.05) is 12.1 Å². The van der Waals surface area contributed by atoms with Gasteiger partial charge in [-0.15, -0.1) is 5.26 Å². The quantitative estimate of drug-likeness (QED) is 0.308. The molecule has 2 heterocycles. The molecule has 4 N–H and O–H groups in total. The van der Waals surface area contributed by atoms with E-state index in [2.05, 4.69) is 22.2 Å². The molecule has 2 saturated heterocycles. The van der Waals surface area contributed by atoms with Crippen LogP contribution in [0.2, 0.25) is 0 Å². The zero-order valence-corrected chi connectivity index (χ0v) is 35.6. The Hall–Kier alpha value is -4.28. The lowest BCUT2D eigenvalue weighted by atomic mass is 9.99. The molecule has 8 rings (SSSR count). The lowest BCUT2D eigenvalue weighted by Crippen LogP contribution is -2.60. The Labute approximate surface area is 342 Å². The van der Waals surface area contributed by atoms with Crippen LogP contribution in [0.15, 0.2) is 12.1 Å². The van der Waals surface area contributed by atoms with Crippen molar-refractivity contribution in [1.82, 2.24) is 24.3 Å². The minimum atomic E-state index is -3.79. The average Bonchev–Trinajstić information content (AvgIpc) is 3.94. The van der Waals surface area contributed by atoms with Crippen molar-refractivity contribution in [2.24, 2.45) is 5.14 Å². The summed E-state index contributed by atoms with van der Waals surface area (Å²) in [5.74, 6) is 0.802. The van der Waals surface area contributed by atoms with Crippen molar-refractivity contribution in [2.75, 3.05) is 72.8 Å². The second-order valence-corrected chi connectivity index (χ2v) is 20.3. The number of ether oxygens (including phenoxy) is 1. The van der Waals surface area contributed by atoms with Gasteiger partial charge in [0.25, 0.3) is 6.26 Å². The molecule has 4 amide bonds. The Balaban J connectivity index is 0.000000164. The SMILES string of the molecule is CN(C)C(=O)CN1CC(S(=O)(=O)NC(=O)Nc2c3c(cc4c2CCC4)CCC3)C1.CN(C)C(=O)CN1CC(S(N)(=O)=O)C1.N#COc1c2c(cc3c1CCC3)CCC2. The van der Waals surface area contributed by atoms with Crippen molar-refractivity contribution in [1.29, 1.82) is 5.26 Å². The van der Waals surface area contributed by atoms with Gasteiger partial charge in [0.05, 0.1) is 13.1 Å². The molecule has 58 heavy (non-hydrogen) atoms. The maximum atomic E-state index is 12.6. The Kier molecular flexibility index (Phi) is 13.4. The molecular weight excluding hydrogens is 785 g/mol. The number of urea groups is 1. The fraction of sp³-hybridized carbons (Fsp3) is 0.600. The first-order valence-corrected chi connectivity index (χ1v) is 23.2. The molecule has 0 radical (unpaired) electrons. The number of fused-ring (bicyclic) bond motifs is 4. The first-order chi connectivity index (χ1) is 27.4. The van der Waals surface area contributed by atoms with Crippen LogP contribution >= 0.6 is 0 Å². The highest BCUT2D eigenvalue weighted by atomic mass is 32.2. The van der Waals surface area contributed by atoms with E-state index in [-0.39, 0.29) is 38.0 Å². The lowest BCUT2D eigenvalue weighted by Gasteiger charge is -2.38. The van der Waals surface area contributed by atoms with Crippen LogP contribution in [-0.4, -0.2) is 132 Å². The number of rotatable bonds is 9. The standard InChI is InChI=1S/C20H28N4O4S.C13H13NO.C7H15N3O3S/c1-23(2)18(25)12-24-10-15(11-24)29(27,28)22-20(26)21-19-16-7-3-5-13(16)9-14-6-4-8-17(14)19;14-8-15-13-11-5-1-3-9(11)7-10-4-2-6-12(10)13;1-9(2)7(11)5-10-3-6(4-10)14(8,12)13/h9,15H,3-8,10-12H2,1-2H3,(H2,21,22,26);7H,1-6H2;6H,3-5H2,1-2H3,(H2,8,12,13). The van der Waals surface area contributed by atoms with Gasteiger partial charge in [0, 0.05) is 60.1 Å². The molecule has 18 heteroatoms. The summed E-state index contributed by atoms with van der Waals surface area (Å²) in [5, 5.41) is 15.3. The zero-order chi connectivity index (χ0) is 41.9. The molecule has 0 unspecified atom stereocenters. The number of nitrogens with two attached hydrogens (primary N) is 1. The molecule has 2 fully saturated rings. The smallest absolute Gasteiger partial charge is 0.332 e. The van der Waals surface area contributed by atoms with Gasteiger partial charge in [-0.2, -0.15) is 0 Å². The summed E-state index contributed by atoms with van der Waals surface area (Å²) in [7, 11) is -0.546. The van der Waals surface area contributed by atoms with Crippen molar-refractivity contribution in [3.8, 4) is 12.0 Å². The monoisotopic (exact) mass is 840 g/mol. The number of amides is 4. The third kappa shape index (κ3) is 9.94. The lowest BCUT2D eigenvalue weighted by molar-refractivity contribution is -0.131. The maximum absolute atomic E-state index is 12.6. The summed E-state index contributed by atoms with van der Waals surface area (Å²) in [6, 6.07) is 3.92. The van der Waals surface area contributed by atoms with Gasteiger partial charge in [0.15, 0.2) is 0 Å². The van der Waals surface area contributed by atoms with E-state index in [0.717, 1.165) is 86.8 Å². The highest BCUT2D eigenvalue weighted by Crippen LogP contribution is 2.40. The van der Waals surface area contributed by atoms with Crippen LogP contribution in [0.1, 0.15) is 70.2 Å². The molecule has 4 aliphatic carbocycles. The van der Waals surface area contributed by atoms with Crippen molar-refractivity contribution in [3.63, 3.8) is 0 Å². The predicted octanol–water partition coefficient (Wildman–Crippen LogP) is 1.46. The zero-order valence-electron chi connectivity index (χ0n) is 33.9. The molecule has 0 aromatic heterocycles. The second kappa shape index (κ2) is 17.9. The van der Waals surface area contributed by atoms with Gasteiger partial charge in [-0.3, -0.25) is 19.4 Å². The number of anilines is 1. The van der Waals surface area contributed by atoms with Crippen molar-refractivity contribution >= 4 is 43.6 Å². The number of nitrogens with zero attached hydrogens (tertiary/aromatic N) is 5. The minimum Gasteiger partial charge on any atom is -0.387 e. The molecule has 0 bridgehead atoms. The van der Waals surface area contributed by atoms with Crippen LogP contribution in [0.4, 0.5) is 10.5 Å². The van der Waals surface area contributed by atoms with Crippen molar-refractivity contribution < 1.29 is 36.0 Å². The fourth-order valence-electron chi connectivity index (χ4n) is 8.62. The third-order valence-electron chi connectivity index (χ3n) is 12.0. The molecule has 2 aliphatic heterocycles. The number of benzene rings is 2. The number of nitriles is 1. The molecule has 0 saturated carbocycles. The molecule has 316 valence electrons. The number of likely N-dealkylation sites (N-methyl/N-ethyl adjacent to an activating group) is 2. The van der Waals surface area contributed by atoms with Crippen LogP contribution in [0, 0.1) is 11.5 Å². The highest BCUT2D eigenvalue weighted by Gasteiger charge is 2.40. The van der Waals surface area contributed by atoms with Gasteiger partial charge >= 0.3 is 6.03 Å². The molecular formula is C40H56N8O8S2. The summed E-state index contributed by atoms with van der Waals surface area (Å²) in [6.07, 6.45) is 14.7. The van der Waals surface area contributed by atoms with E-state index in [4.69, 9.17) is 15.1 Å². The largest absolute Gasteiger partial charge is 0.387 e. The first-order valence-electron chi connectivity index (χ1n) is 20.0. The number of hydrogen-bond donors (Lipinski definition) is 3. The maximum Gasteiger partial charge on any atom is 0.332 e. The van der Waals surface area contributed by atoms with E-state index in [0.29, 0.717) is 13.1 Å². The van der Waals surface area contributed by atoms with Crippen LogP contribution in [0.25, 0.3) is 0 Å². The fourth-order valence-corrected chi connectivity index (χ4v) is 10.8. The molecule has 2 aromatic rings. The van der Waals surface area contributed by atoms with Gasteiger partial charge in [0.1, 0.15) is 16.2 Å². The molecule has 0 atom stereocenters. The second-order valence-electron chi connectivity index (χ2n) is 16.5. The van der Waals surface area contributed by atoms with Crippen LogP contribution in [0.5, 0.6) is 5.75 Å². The molecule has 2 aromatic carbocycles. The predicted molar refractivity (Wildman–Crippen MR) is 219 cm³/mol. The minimum absolute atomic E-state index is 0.0298. The van der Waals surface area contributed by atoms with Gasteiger partial charge in [-0.25, -0.2) is 31.5 Å². The van der Waals surface area contributed by atoms with E-state index in [1.54, 1.807) is 38.0 Å². The topological polar surface area (TPSA) is 216 Å². The number of primary sulfonamides is 1. The summed E-state index contributed by atoms with van der Waals surface area (Å²) in [6.45, 7) is 1.67. The van der Waals surface area contributed by atoms with Gasteiger partial charge < -0.3 is 19.9 Å². The summed E-state index contributed by atoms with van der Waals surface area (Å²) in [5.41, 5.74) is 11.2. The Morgan fingerprint density at radius 1 is 0.707 bits per heavy atom. The van der Waals surface area contributed by atoms with E-state index in [1.807, 2.05) is 6.26 Å². The van der Waals surface area contributed by atoms with Crippen molar-refractivity contribution in [3.05, 3.63) is 56.6 Å². The number of aryl methyl sites for hydroxylation is 4. The Morgan fingerprint density at radius 3 is 1.50 bits per heavy atom. The number of carbonyl (C=O) groups excluding carboxylic acids is 3. The van der Waals surface area contributed by atoms with Crippen LogP contribution in [-0.2, 0) is 81.0 Å². The van der Waals surface area contributed by atoms with Crippen LogP contribution < -0.4 is 19.9 Å². The van der Waals surface area contributed by atoms with Gasteiger partial charge in [0.2, 0.25) is 31.9 Å². The number of hydrogen-bond acceptors (Lipinski definition) is 11. The number of likely N-dealkylation sites (tertiary alicyclic amines) is 2. The first kappa shape index (κ1) is 43.3. The number of carbonyl (C=O) groups is 3. The number of nitrogens with one attached hydrogen (secondary N) is 2. The average molecular weight is 841 g/mol. The van der Waals surface area contributed by atoms with Gasteiger partial charge in [-0.05, 0) is 122 Å². The van der Waals surface area contributed by atoms with Crippen LogP contribution in [0.3, 0.4) is 0 Å². The third-order valence-corrected chi connectivity index (χ3v) is 14.9. The summed E-state index contributed by atoms with van der Waals surface area (Å²) in [4.78, 5) is 42.0. The highest BCUT2D eigenvalue weighted by molar-refractivity contribution is 7.90. The van der Waals surface area contributed by atoms with E-state index >= 15 is 0 Å². The Bertz CT molecular complexity index is 2130.